The van der Waals surface area contributed by atoms with E-state index in [9.17, 15) is 19.5 Å². The van der Waals surface area contributed by atoms with Crippen LogP contribution in [-0.2, 0) is 9.53 Å². The quantitative estimate of drug-likeness (QED) is 0.666. The molecule has 2 rings (SSSR count). The van der Waals surface area contributed by atoms with Crippen molar-refractivity contribution in [3.63, 3.8) is 0 Å². The van der Waals surface area contributed by atoms with E-state index in [-0.39, 0.29) is 18.9 Å². The standard InChI is InChI=1S/C12H16N2O6/c1-6-4-14(12(19)13-11(6)18)9-2-7(3-10(16)17)8(5-15)20-9/h4,7-9,15H,2-3,5H2,1H3,(H,16,17)(H,13,18,19)/t7?,8-,9-/m1/s1. The predicted octanol–water partition coefficient (Wildman–Crippen LogP) is -0.784. The highest BCUT2D eigenvalue weighted by molar-refractivity contribution is 5.67. The van der Waals surface area contributed by atoms with Gasteiger partial charge >= 0.3 is 11.7 Å². The third-order valence-electron chi connectivity index (χ3n) is 3.43. The highest BCUT2D eigenvalue weighted by Crippen LogP contribution is 2.34. The van der Waals surface area contributed by atoms with Crippen LogP contribution in [0.15, 0.2) is 15.8 Å². The molecule has 8 nitrogen and oxygen atoms in total. The molecule has 0 spiro atoms. The summed E-state index contributed by atoms with van der Waals surface area (Å²) in [5.74, 6) is -1.36. The van der Waals surface area contributed by atoms with Gasteiger partial charge in [0, 0.05) is 17.7 Å². The zero-order valence-electron chi connectivity index (χ0n) is 10.9. The molecule has 0 radical (unpaired) electrons. The van der Waals surface area contributed by atoms with Crippen molar-refractivity contribution in [1.29, 1.82) is 0 Å². The first-order valence-electron chi connectivity index (χ1n) is 6.22. The number of carboxylic acid groups (broad SMARTS) is 1. The molecular weight excluding hydrogens is 268 g/mol. The Morgan fingerprint density at radius 1 is 1.55 bits per heavy atom. The normalized spacial score (nSPS) is 25.8. The second kappa shape index (κ2) is 5.59. The Morgan fingerprint density at radius 3 is 2.85 bits per heavy atom. The number of aryl methyl sites for hydroxylation is 1. The van der Waals surface area contributed by atoms with Crippen molar-refractivity contribution in [2.75, 3.05) is 6.61 Å². The number of H-pyrrole nitrogens is 1. The second-order valence-electron chi connectivity index (χ2n) is 4.88. The van der Waals surface area contributed by atoms with Crippen molar-refractivity contribution < 1.29 is 19.7 Å². The minimum absolute atomic E-state index is 0.140. The number of rotatable bonds is 4. The Bertz CT molecular complexity index is 619. The number of nitrogens with zero attached hydrogens (tertiary/aromatic N) is 1. The maximum atomic E-state index is 11.8. The van der Waals surface area contributed by atoms with Crippen LogP contribution >= 0.6 is 0 Å². The highest BCUT2D eigenvalue weighted by Gasteiger charge is 2.37. The van der Waals surface area contributed by atoms with Gasteiger partial charge in [-0.3, -0.25) is 19.1 Å². The largest absolute Gasteiger partial charge is 0.481 e. The van der Waals surface area contributed by atoms with Gasteiger partial charge in [0.25, 0.3) is 5.56 Å². The van der Waals surface area contributed by atoms with Crippen LogP contribution in [0.1, 0.15) is 24.6 Å². The van der Waals surface area contributed by atoms with E-state index in [1.54, 1.807) is 6.92 Å². The first-order valence-corrected chi connectivity index (χ1v) is 6.22. The van der Waals surface area contributed by atoms with Crippen molar-refractivity contribution in [2.45, 2.75) is 32.1 Å². The van der Waals surface area contributed by atoms with Crippen molar-refractivity contribution in [3.8, 4) is 0 Å². The summed E-state index contributed by atoms with van der Waals surface area (Å²) in [5, 5.41) is 18.0. The lowest BCUT2D eigenvalue weighted by Gasteiger charge is -2.15. The van der Waals surface area contributed by atoms with Gasteiger partial charge in [-0.1, -0.05) is 0 Å². The summed E-state index contributed by atoms with van der Waals surface area (Å²) < 4.78 is 6.74. The Labute approximate surface area is 113 Å². The Balaban J connectivity index is 2.27. The van der Waals surface area contributed by atoms with Gasteiger partial charge in [0.05, 0.1) is 19.1 Å². The second-order valence-corrected chi connectivity index (χ2v) is 4.88. The number of nitrogens with one attached hydrogen (secondary N) is 1. The van der Waals surface area contributed by atoms with E-state index in [2.05, 4.69) is 4.98 Å². The Hall–Kier alpha value is -1.93. The lowest BCUT2D eigenvalue weighted by molar-refractivity contribution is -0.138. The van der Waals surface area contributed by atoms with E-state index < -0.39 is 29.6 Å². The number of carboxylic acids is 1. The maximum absolute atomic E-state index is 11.8. The molecule has 1 aliphatic heterocycles. The van der Waals surface area contributed by atoms with E-state index in [0.29, 0.717) is 12.0 Å². The lowest BCUT2D eigenvalue weighted by atomic mass is 9.97. The molecule has 0 aliphatic carbocycles. The van der Waals surface area contributed by atoms with E-state index in [1.165, 1.54) is 10.8 Å². The molecule has 3 atom stereocenters. The zero-order valence-corrected chi connectivity index (χ0v) is 10.9. The Kier molecular flexibility index (Phi) is 4.05. The minimum atomic E-state index is -0.984. The molecule has 1 unspecified atom stereocenters. The van der Waals surface area contributed by atoms with Crippen molar-refractivity contribution in [1.82, 2.24) is 9.55 Å². The molecule has 0 aromatic carbocycles. The van der Waals surface area contributed by atoms with Crippen LogP contribution in [0, 0.1) is 12.8 Å². The van der Waals surface area contributed by atoms with Crippen LogP contribution in [0.2, 0.25) is 0 Å². The number of aliphatic hydroxyl groups excluding tert-OH is 1. The van der Waals surface area contributed by atoms with Gasteiger partial charge in [0.15, 0.2) is 0 Å². The number of hydrogen-bond acceptors (Lipinski definition) is 5. The summed E-state index contributed by atoms with van der Waals surface area (Å²) >= 11 is 0. The van der Waals surface area contributed by atoms with Crippen LogP contribution in [0.3, 0.4) is 0 Å². The van der Waals surface area contributed by atoms with Gasteiger partial charge in [-0.2, -0.15) is 0 Å². The van der Waals surface area contributed by atoms with Gasteiger partial charge < -0.3 is 14.9 Å². The summed E-state index contributed by atoms with van der Waals surface area (Å²) in [6, 6.07) is 0. The summed E-state index contributed by atoms with van der Waals surface area (Å²) in [6.45, 7) is 1.24. The van der Waals surface area contributed by atoms with E-state index in [4.69, 9.17) is 9.84 Å². The summed E-state index contributed by atoms with van der Waals surface area (Å²) in [7, 11) is 0. The van der Waals surface area contributed by atoms with Gasteiger partial charge in [-0.15, -0.1) is 0 Å². The number of ether oxygens (including phenoxy) is 1. The monoisotopic (exact) mass is 284 g/mol. The molecule has 0 saturated carbocycles. The van der Waals surface area contributed by atoms with Crippen molar-refractivity contribution >= 4 is 5.97 Å². The van der Waals surface area contributed by atoms with Gasteiger partial charge in [0.1, 0.15) is 6.23 Å². The number of hydrogen-bond donors (Lipinski definition) is 3. The zero-order chi connectivity index (χ0) is 14.9. The molecule has 1 aromatic heterocycles. The average molecular weight is 284 g/mol. The van der Waals surface area contributed by atoms with Crippen LogP contribution in [0.25, 0.3) is 0 Å². The van der Waals surface area contributed by atoms with Crippen LogP contribution in [0.4, 0.5) is 0 Å². The fraction of sp³-hybridized carbons (Fsp3) is 0.583. The molecule has 1 aromatic rings. The number of aliphatic carboxylic acids is 1. The lowest BCUT2D eigenvalue weighted by Crippen LogP contribution is -2.33. The third kappa shape index (κ3) is 2.81. The van der Waals surface area contributed by atoms with Gasteiger partial charge in [0.2, 0.25) is 0 Å². The SMILES string of the molecule is Cc1cn([C@H]2CC(CC(=O)O)[C@@H](CO)O2)c(=O)[nH]c1=O. The molecule has 8 heteroatoms. The molecule has 110 valence electrons. The number of aliphatic hydroxyl groups is 1. The molecular formula is C12H16N2O6. The Morgan fingerprint density at radius 2 is 2.25 bits per heavy atom. The topological polar surface area (TPSA) is 122 Å². The number of aromatic nitrogens is 2. The summed E-state index contributed by atoms with van der Waals surface area (Å²) in [4.78, 5) is 36.0. The molecule has 1 saturated heterocycles. The fourth-order valence-electron chi connectivity index (χ4n) is 2.39. The highest BCUT2D eigenvalue weighted by atomic mass is 16.5. The summed E-state index contributed by atoms with van der Waals surface area (Å²) in [6.07, 6.45) is 0.222. The molecule has 20 heavy (non-hydrogen) atoms. The van der Waals surface area contributed by atoms with Crippen LogP contribution < -0.4 is 11.2 Å². The predicted molar refractivity (Wildman–Crippen MR) is 67.4 cm³/mol. The van der Waals surface area contributed by atoms with Crippen molar-refractivity contribution in [2.24, 2.45) is 5.92 Å². The van der Waals surface area contributed by atoms with Crippen LogP contribution in [-0.4, -0.2) is 38.4 Å². The molecule has 1 fully saturated rings. The van der Waals surface area contributed by atoms with E-state index in [0.717, 1.165) is 0 Å². The molecule has 1 aliphatic rings. The first kappa shape index (κ1) is 14.5. The molecule has 2 heterocycles. The molecule has 3 N–H and O–H groups in total. The fourth-order valence-corrected chi connectivity index (χ4v) is 2.39. The maximum Gasteiger partial charge on any atom is 0.330 e. The number of aromatic amines is 1. The van der Waals surface area contributed by atoms with E-state index >= 15 is 0 Å². The van der Waals surface area contributed by atoms with Gasteiger partial charge in [-0.05, 0) is 13.3 Å². The number of carbonyl (C=O) groups is 1. The minimum Gasteiger partial charge on any atom is -0.481 e. The van der Waals surface area contributed by atoms with Crippen molar-refractivity contribution in [3.05, 3.63) is 32.6 Å². The molecule has 0 amide bonds. The third-order valence-corrected chi connectivity index (χ3v) is 3.43. The molecule has 0 bridgehead atoms. The average Bonchev–Trinajstić information content (AvgIpc) is 2.75. The first-order chi connectivity index (χ1) is 9.42. The van der Waals surface area contributed by atoms with Crippen LogP contribution in [0.5, 0.6) is 0 Å². The van der Waals surface area contributed by atoms with E-state index in [1.807, 2.05) is 0 Å². The summed E-state index contributed by atoms with van der Waals surface area (Å²) in [5.41, 5.74) is -0.723. The smallest absolute Gasteiger partial charge is 0.330 e. The van der Waals surface area contributed by atoms with Gasteiger partial charge in [-0.25, -0.2) is 4.79 Å².